The zero-order valence-electron chi connectivity index (χ0n) is 19.9. The van der Waals surface area contributed by atoms with E-state index in [1.165, 1.54) is 22.3 Å². The molecule has 0 fully saturated rings. The Bertz CT molecular complexity index is 1390. The third-order valence-electron chi connectivity index (χ3n) is 5.75. The molecule has 1 aromatic heterocycles. The number of aliphatic imine (C=N–C) groups is 1. The fraction of sp³-hybridized carbons (Fsp3) is 0.185. The van der Waals surface area contributed by atoms with E-state index in [1.807, 2.05) is 53.9 Å². The standard InChI is InChI=1S/C27H24N4O3S2/c1-17-6-3-7-22(18(17)2)34-14-5-13-33-20-11-9-19(10-12-20)16-21-24(28)31-27(29-25(21)32)36-26(30-31)23-8-4-15-35-23/h3-4,6-12,15-16,28H,5,13-14H2,1-2H3. The van der Waals surface area contributed by atoms with Crippen LogP contribution in [0.4, 0.5) is 0 Å². The smallest absolute Gasteiger partial charge is 0.283 e. The molecule has 0 radical (unpaired) electrons. The van der Waals surface area contributed by atoms with Gasteiger partial charge in [0.05, 0.1) is 23.7 Å². The summed E-state index contributed by atoms with van der Waals surface area (Å²) >= 11 is 2.86. The molecule has 1 N–H and O–H groups in total. The van der Waals surface area contributed by atoms with E-state index in [9.17, 15) is 4.79 Å². The van der Waals surface area contributed by atoms with E-state index in [4.69, 9.17) is 14.9 Å². The van der Waals surface area contributed by atoms with E-state index in [0.29, 0.717) is 18.4 Å². The summed E-state index contributed by atoms with van der Waals surface area (Å²) in [6.07, 6.45) is 2.42. The van der Waals surface area contributed by atoms with Crippen molar-refractivity contribution in [3.63, 3.8) is 0 Å². The molecule has 0 saturated carbocycles. The fourth-order valence-electron chi connectivity index (χ4n) is 3.63. The number of carbonyl (C=O) groups excluding carboxylic acids is 1. The summed E-state index contributed by atoms with van der Waals surface area (Å²) in [7, 11) is 0. The molecule has 0 bridgehead atoms. The lowest BCUT2D eigenvalue weighted by Crippen LogP contribution is -2.35. The van der Waals surface area contributed by atoms with Crippen LogP contribution in [0.2, 0.25) is 0 Å². The van der Waals surface area contributed by atoms with Crippen LogP contribution in [-0.4, -0.2) is 40.2 Å². The Balaban J connectivity index is 1.17. The molecule has 0 unspecified atom stereocenters. The topological polar surface area (TPSA) is 87.3 Å². The highest BCUT2D eigenvalue weighted by atomic mass is 32.2. The van der Waals surface area contributed by atoms with Gasteiger partial charge in [-0.1, -0.05) is 30.3 Å². The van der Waals surface area contributed by atoms with Gasteiger partial charge in [0.1, 0.15) is 16.5 Å². The van der Waals surface area contributed by atoms with Crippen molar-refractivity contribution < 1.29 is 14.3 Å². The van der Waals surface area contributed by atoms with Gasteiger partial charge in [0.15, 0.2) is 5.84 Å². The lowest BCUT2D eigenvalue weighted by molar-refractivity contribution is -0.114. The molecule has 1 amide bonds. The summed E-state index contributed by atoms with van der Waals surface area (Å²) in [5, 5.41) is 17.6. The first kappa shape index (κ1) is 24.0. The summed E-state index contributed by atoms with van der Waals surface area (Å²) in [6, 6.07) is 17.4. The fourth-order valence-corrected chi connectivity index (χ4v) is 5.31. The maximum atomic E-state index is 12.6. The van der Waals surface area contributed by atoms with Gasteiger partial charge in [0.25, 0.3) is 5.91 Å². The minimum absolute atomic E-state index is 0.0215. The molecule has 2 aromatic carbocycles. The Kier molecular flexibility index (Phi) is 7.02. The normalized spacial score (nSPS) is 16.2. The van der Waals surface area contributed by atoms with Gasteiger partial charge in [-0.2, -0.15) is 15.1 Å². The van der Waals surface area contributed by atoms with Crippen molar-refractivity contribution >= 4 is 51.1 Å². The predicted molar refractivity (Wildman–Crippen MR) is 146 cm³/mol. The van der Waals surface area contributed by atoms with Gasteiger partial charge in [-0.3, -0.25) is 10.2 Å². The van der Waals surface area contributed by atoms with Crippen LogP contribution in [0.1, 0.15) is 28.0 Å². The minimum Gasteiger partial charge on any atom is -0.493 e. The van der Waals surface area contributed by atoms with Crippen LogP contribution in [-0.2, 0) is 4.79 Å². The molecule has 3 heterocycles. The molecule has 5 rings (SSSR count). The average molecular weight is 517 g/mol. The average Bonchev–Trinajstić information content (AvgIpc) is 3.55. The summed E-state index contributed by atoms with van der Waals surface area (Å²) in [5.41, 5.74) is 3.36. The molecule has 0 aliphatic carbocycles. The molecule has 9 heteroatoms. The number of ether oxygens (including phenoxy) is 2. The third-order valence-corrected chi connectivity index (χ3v) is 7.69. The van der Waals surface area contributed by atoms with E-state index in [-0.39, 0.29) is 11.4 Å². The summed E-state index contributed by atoms with van der Waals surface area (Å²) in [6.45, 7) is 5.24. The van der Waals surface area contributed by atoms with E-state index in [1.54, 1.807) is 17.4 Å². The van der Waals surface area contributed by atoms with E-state index >= 15 is 0 Å². The summed E-state index contributed by atoms with van der Waals surface area (Å²) in [4.78, 5) is 17.8. The first-order valence-electron chi connectivity index (χ1n) is 11.5. The second kappa shape index (κ2) is 10.5. The molecule has 2 aliphatic heterocycles. The third kappa shape index (κ3) is 5.12. The Morgan fingerprint density at radius 1 is 1.03 bits per heavy atom. The van der Waals surface area contributed by atoms with Crippen molar-refractivity contribution in [1.29, 1.82) is 5.41 Å². The molecule has 0 saturated heterocycles. The number of aryl methyl sites for hydroxylation is 1. The van der Waals surface area contributed by atoms with E-state index < -0.39 is 5.91 Å². The Morgan fingerprint density at radius 2 is 1.83 bits per heavy atom. The zero-order valence-corrected chi connectivity index (χ0v) is 21.5. The van der Waals surface area contributed by atoms with Gasteiger partial charge in [-0.05, 0) is 78.0 Å². The highest BCUT2D eigenvalue weighted by molar-refractivity contribution is 8.27. The lowest BCUT2D eigenvalue weighted by Gasteiger charge is -2.20. The van der Waals surface area contributed by atoms with Crippen LogP contribution >= 0.6 is 23.1 Å². The van der Waals surface area contributed by atoms with Crippen LogP contribution in [0.3, 0.4) is 0 Å². The number of hydrazone groups is 1. The molecule has 0 atom stereocenters. The van der Waals surface area contributed by atoms with Crippen molar-refractivity contribution in [3.8, 4) is 11.5 Å². The van der Waals surface area contributed by atoms with Crippen LogP contribution in [0, 0.1) is 19.3 Å². The van der Waals surface area contributed by atoms with Crippen molar-refractivity contribution in [1.82, 2.24) is 5.01 Å². The van der Waals surface area contributed by atoms with Crippen LogP contribution in [0.25, 0.3) is 6.08 Å². The molecule has 182 valence electrons. The highest BCUT2D eigenvalue weighted by Gasteiger charge is 2.36. The van der Waals surface area contributed by atoms with Crippen molar-refractivity contribution in [2.75, 3.05) is 13.2 Å². The SMILES string of the molecule is Cc1cccc(OCCCOc2ccc(C=C3C(=N)N4N=C(c5cccs5)SC4=NC3=O)cc2)c1C. The molecule has 3 aromatic rings. The lowest BCUT2D eigenvalue weighted by atomic mass is 10.1. The number of hydrogen-bond donors (Lipinski definition) is 1. The number of thioether (sulfide) groups is 1. The quantitative estimate of drug-likeness (QED) is 0.298. The number of amides is 1. The van der Waals surface area contributed by atoms with E-state index in [2.05, 4.69) is 30.0 Å². The highest BCUT2D eigenvalue weighted by Crippen LogP contribution is 2.32. The number of benzene rings is 2. The molecule has 0 spiro atoms. The molecule has 7 nitrogen and oxygen atoms in total. The number of thiophene rings is 1. The summed E-state index contributed by atoms with van der Waals surface area (Å²) < 4.78 is 11.7. The van der Waals surface area contributed by atoms with Crippen LogP contribution in [0.15, 0.2) is 75.6 Å². The Morgan fingerprint density at radius 3 is 2.61 bits per heavy atom. The number of hydrogen-bond acceptors (Lipinski definition) is 7. The van der Waals surface area contributed by atoms with Gasteiger partial charge in [0.2, 0.25) is 5.17 Å². The van der Waals surface area contributed by atoms with Crippen molar-refractivity contribution in [2.24, 2.45) is 10.1 Å². The van der Waals surface area contributed by atoms with Crippen molar-refractivity contribution in [2.45, 2.75) is 20.3 Å². The monoisotopic (exact) mass is 516 g/mol. The van der Waals surface area contributed by atoms with Gasteiger partial charge in [-0.15, -0.1) is 11.3 Å². The Hall–Kier alpha value is -3.69. The van der Waals surface area contributed by atoms with Crippen LogP contribution in [0.5, 0.6) is 11.5 Å². The van der Waals surface area contributed by atoms with Gasteiger partial charge >= 0.3 is 0 Å². The Labute approximate surface area is 217 Å². The van der Waals surface area contributed by atoms with E-state index in [0.717, 1.165) is 39.0 Å². The summed E-state index contributed by atoms with van der Waals surface area (Å²) in [5.74, 6) is 1.22. The first-order valence-corrected chi connectivity index (χ1v) is 13.2. The number of nitrogens with zero attached hydrogens (tertiary/aromatic N) is 3. The zero-order chi connectivity index (χ0) is 25.1. The predicted octanol–water partition coefficient (Wildman–Crippen LogP) is 5.88. The van der Waals surface area contributed by atoms with Gasteiger partial charge < -0.3 is 9.47 Å². The van der Waals surface area contributed by atoms with Crippen LogP contribution < -0.4 is 9.47 Å². The number of nitrogens with one attached hydrogen (secondary N) is 1. The van der Waals surface area contributed by atoms with Crippen molar-refractivity contribution in [3.05, 3.63) is 87.1 Å². The maximum Gasteiger partial charge on any atom is 0.283 e. The number of carbonyl (C=O) groups is 1. The second-order valence-corrected chi connectivity index (χ2v) is 10.1. The molecule has 36 heavy (non-hydrogen) atoms. The van der Waals surface area contributed by atoms with Gasteiger partial charge in [-0.25, -0.2) is 0 Å². The maximum absolute atomic E-state index is 12.6. The van der Waals surface area contributed by atoms with Gasteiger partial charge in [0, 0.05) is 6.42 Å². The molecular formula is C27H24N4O3S2. The molecule has 2 aliphatic rings. The second-order valence-electron chi connectivity index (χ2n) is 8.22. The number of rotatable bonds is 8. The minimum atomic E-state index is -0.439. The largest absolute Gasteiger partial charge is 0.493 e. The number of fused-ring (bicyclic) bond motifs is 1. The molecular weight excluding hydrogens is 492 g/mol. The first-order chi connectivity index (χ1) is 17.5. The number of amidine groups is 2.